The van der Waals surface area contributed by atoms with E-state index < -0.39 is 0 Å². The Balaban J connectivity index is 2.08. The van der Waals surface area contributed by atoms with Gasteiger partial charge in [0.05, 0.1) is 5.92 Å². The number of hydrogen-bond acceptors (Lipinski definition) is 2. The third-order valence-electron chi connectivity index (χ3n) is 4.84. The van der Waals surface area contributed by atoms with Crippen molar-refractivity contribution in [1.82, 2.24) is 0 Å². The molecule has 1 aliphatic carbocycles. The van der Waals surface area contributed by atoms with Gasteiger partial charge in [0, 0.05) is 0 Å². The van der Waals surface area contributed by atoms with E-state index in [1.165, 1.54) is 11.1 Å². The van der Waals surface area contributed by atoms with E-state index in [-0.39, 0.29) is 17.3 Å². The van der Waals surface area contributed by atoms with Crippen molar-refractivity contribution < 1.29 is 9.53 Å². The van der Waals surface area contributed by atoms with Gasteiger partial charge in [-0.3, -0.25) is 4.79 Å². The second-order valence-electron chi connectivity index (χ2n) is 6.71. The summed E-state index contributed by atoms with van der Waals surface area (Å²) >= 11 is 0. The lowest BCUT2D eigenvalue weighted by Crippen LogP contribution is -2.11. The molecule has 1 aliphatic heterocycles. The Morgan fingerprint density at radius 1 is 1.16 bits per heavy atom. The molecule has 1 fully saturated rings. The highest BCUT2D eigenvalue weighted by atomic mass is 16.5. The summed E-state index contributed by atoms with van der Waals surface area (Å²) in [5.74, 6) is 0.601. The molecule has 0 saturated heterocycles. The topological polar surface area (TPSA) is 26.3 Å². The molecular formula is C17H26O2. The summed E-state index contributed by atoms with van der Waals surface area (Å²) in [5, 5.41) is 0. The van der Waals surface area contributed by atoms with E-state index in [4.69, 9.17) is 4.74 Å². The molecule has 0 spiro atoms. The number of esters is 1. The Hall–Kier alpha value is -1.05. The van der Waals surface area contributed by atoms with Gasteiger partial charge in [-0.25, -0.2) is 0 Å². The molecule has 0 bridgehead atoms. The first kappa shape index (κ1) is 14.4. The Bertz CT molecular complexity index is 415. The molecule has 2 heteroatoms. The van der Waals surface area contributed by atoms with E-state index in [9.17, 15) is 4.79 Å². The number of cyclic esters (lactones) is 1. The van der Waals surface area contributed by atoms with Crippen molar-refractivity contribution in [2.24, 2.45) is 17.3 Å². The van der Waals surface area contributed by atoms with E-state index in [0.717, 1.165) is 25.7 Å². The minimum Gasteiger partial charge on any atom is -0.461 e. The summed E-state index contributed by atoms with van der Waals surface area (Å²) in [6.07, 6.45) is 8.78. The Morgan fingerprint density at radius 2 is 1.84 bits per heavy atom. The van der Waals surface area contributed by atoms with Gasteiger partial charge >= 0.3 is 5.97 Å². The van der Waals surface area contributed by atoms with E-state index in [0.29, 0.717) is 12.5 Å². The largest absolute Gasteiger partial charge is 0.461 e. The first-order chi connectivity index (χ1) is 8.93. The Labute approximate surface area is 116 Å². The zero-order chi connectivity index (χ0) is 14.0. The number of hydrogen-bond donors (Lipinski definition) is 0. The van der Waals surface area contributed by atoms with Crippen molar-refractivity contribution in [1.29, 1.82) is 0 Å². The summed E-state index contributed by atoms with van der Waals surface area (Å²) < 4.78 is 5.41. The second kappa shape index (κ2) is 5.52. The normalized spacial score (nSPS) is 37.2. The van der Waals surface area contributed by atoms with Crippen molar-refractivity contribution >= 4 is 5.97 Å². The molecule has 2 atom stereocenters. The van der Waals surface area contributed by atoms with Crippen LogP contribution >= 0.6 is 0 Å². The molecule has 1 heterocycles. The van der Waals surface area contributed by atoms with Gasteiger partial charge in [0.15, 0.2) is 0 Å². The van der Waals surface area contributed by atoms with Crippen molar-refractivity contribution in [3.63, 3.8) is 0 Å². The van der Waals surface area contributed by atoms with E-state index >= 15 is 0 Å². The first-order valence-electron chi connectivity index (χ1n) is 7.41. The standard InChI is InChI=1S/C17H26O2/c1-12-6-5-7-13(2)10-11-19-16(18)15-14(9-8-12)17(15,3)4/h6,10,14-15H,5,7-9,11H2,1-4H3/b12-6+,13-10+/t14?,15-/m0/s1. The maximum atomic E-state index is 12.1. The van der Waals surface area contributed by atoms with Gasteiger partial charge in [-0.2, -0.15) is 0 Å². The van der Waals surface area contributed by atoms with E-state index in [2.05, 4.69) is 33.8 Å². The number of ether oxygens (including phenoxy) is 1. The molecule has 0 aromatic heterocycles. The van der Waals surface area contributed by atoms with Crippen LogP contribution in [0.4, 0.5) is 0 Å². The predicted molar refractivity (Wildman–Crippen MR) is 77.7 cm³/mol. The molecule has 2 aliphatic rings. The average Bonchev–Trinajstić information content (AvgIpc) is 2.87. The monoisotopic (exact) mass is 262 g/mol. The fourth-order valence-electron chi connectivity index (χ4n) is 3.24. The third kappa shape index (κ3) is 3.29. The quantitative estimate of drug-likeness (QED) is 0.481. The molecular weight excluding hydrogens is 236 g/mol. The highest BCUT2D eigenvalue weighted by molar-refractivity contribution is 5.77. The number of fused-ring (bicyclic) bond motifs is 1. The molecule has 0 amide bonds. The average molecular weight is 262 g/mol. The van der Waals surface area contributed by atoms with Gasteiger partial charge in [-0.05, 0) is 56.9 Å². The highest BCUT2D eigenvalue weighted by Crippen LogP contribution is 2.61. The molecule has 0 radical (unpaired) electrons. The van der Waals surface area contributed by atoms with Crippen LogP contribution in [0.15, 0.2) is 23.3 Å². The van der Waals surface area contributed by atoms with Crippen LogP contribution in [-0.2, 0) is 9.53 Å². The lowest BCUT2D eigenvalue weighted by atomic mass is 10.0. The summed E-state index contributed by atoms with van der Waals surface area (Å²) in [6, 6.07) is 0. The van der Waals surface area contributed by atoms with Crippen LogP contribution in [0, 0.1) is 17.3 Å². The fourth-order valence-corrected chi connectivity index (χ4v) is 3.24. The predicted octanol–water partition coefficient (Wildman–Crippen LogP) is 4.27. The zero-order valence-electron chi connectivity index (χ0n) is 12.7. The summed E-state index contributed by atoms with van der Waals surface area (Å²) in [7, 11) is 0. The fraction of sp³-hybridized carbons (Fsp3) is 0.706. The van der Waals surface area contributed by atoms with Crippen LogP contribution in [0.3, 0.4) is 0 Å². The van der Waals surface area contributed by atoms with Crippen molar-refractivity contribution in [3.05, 3.63) is 23.3 Å². The molecule has 0 aromatic rings. The molecule has 0 N–H and O–H groups in total. The number of rotatable bonds is 0. The van der Waals surface area contributed by atoms with Crippen molar-refractivity contribution in [2.75, 3.05) is 6.61 Å². The maximum Gasteiger partial charge on any atom is 0.310 e. The minimum atomic E-state index is -0.0000652. The second-order valence-corrected chi connectivity index (χ2v) is 6.71. The number of carbonyl (C=O) groups is 1. The lowest BCUT2D eigenvalue weighted by Gasteiger charge is -2.05. The van der Waals surface area contributed by atoms with Gasteiger partial charge in [-0.1, -0.05) is 31.1 Å². The van der Waals surface area contributed by atoms with Gasteiger partial charge in [-0.15, -0.1) is 0 Å². The number of carbonyl (C=O) groups excluding carboxylic acids is 1. The Kier molecular flexibility index (Phi) is 4.17. The van der Waals surface area contributed by atoms with Crippen LogP contribution in [0.5, 0.6) is 0 Å². The van der Waals surface area contributed by atoms with Crippen LogP contribution in [0.1, 0.15) is 53.4 Å². The third-order valence-corrected chi connectivity index (χ3v) is 4.84. The lowest BCUT2D eigenvalue weighted by molar-refractivity contribution is -0.145. The molecule has 2 nitrogen and oxygen atoms in total. The molecule has 106 valence electrons. The SMILES string of the molecule is C/C1=C\COC(=O)[C@@H]2C(CC/C(C)=C/CC1)C2(C)C. The van der Waals surface area contributed by atoms with E-state index in [1.54, 1.807) is 0 Å². The smallest absolute Gasteiger partial charge is 0.310 e. The molecule has 1 unspecified atom stereocenters. The maximum absolute atomic E-state index is 12.1. The van der Waals surface area contributed by atoms with Crippen molar-refractivity contribution in [2.45, 2.75) is 53.4 Å². The van der Waals surface area contributed by atoms with E-state index in [1.807, 2.05) is 6.08 Å². The summed E-state index contributed by atoms with van der Waals surface area (Å²) in [4.78, 5) is 12.1. The Morgan fingerprint density at radius 3 is 2.58 bits per heavy atom. The van der Waals surface area contributed by atoms with Gasteiger partial charge in [0.1, 0.15) is 6.61 Å². The van der Waals surface area contributed by atoms with Gasteiger partial charge < -0.3 is 4.74 Å². The molecule has 1 saturated carbocycles. The number of allylic oxidation sites excluding steroid dienone is 3. The van der Waals surface area contributed by atoms with Crippen LogP contribution < -0.4 is 0 Å². The summed E-state index contributed by atoms with van der Waals surface area (Å²) in [5.41, 5.74) is 2.89. The summed E-state index contributed by atoms with van der Waals surface area (Å²) in [6.45, 7) is 9.14. The molecule has 19 heavy (non-hydrogen) atoms. The first-order valence-corrected chi connectivity index (χ1v) is 7.41. The highest BCUT2D eigenvalue weighted by Gasteiger charge is 2.61. The van der Waals surface area contributed by atoms with Crippen LogP contribution in [0.2, 0.25) is 0 Å². The van der Waals surface area contributed by atoms with Crippen LogP contribution in [-0.4, -0.2) is 12.6 Å². The van der Waals surface area contributed by atoms with Crippen LogP contribution in [0.25, 0.3) is 0 Å². The molecule has 0 aromatic carbocycles. The van der Waals surface area contributed by atoms with Gasteiger partial charge in [0.2, 0.25) is 0 Å². The minimum absolute atomic E-state index is 0.0000652. The van der Waals surface area contributed by atoms with Gasteiger partial charge in [0.25, 0.3) is 0 Å². The van der Waals surface area contributed by atoms with Crippen molar-refractivity contribution in [3.8, 4) is 0 Å². The molecule has 2 rings (SSSR count). The zero-order valence-corrected chi connectivity index (χ0v) is 12.7.